The third-order valence-corrected chi connectivity index (χ3v) is 7.86. The lowest BCUT2D eigenvalue weighted by atomic mass is 10.0. The first-order chi connectivity index (χ1) is 13.8. The van der Waals surface area contributed by atoms with Gasteiger partial charge in [-0.3, -0.25) is 0 Å². The molecule has 0 bridgehead atoms. The molecule has 0 spiro atoms. The zero-order valence-corrected chi connectivity index (χ0v) is 18.8. The maximum atomic E-state index is 13.6. The Morgan fingerprint density at radius 1 is 1.03 bits per heavy atom. The summed E-state index contributed by atoms with van der Waals surface area (Å²) in [5.74, 6) is 0.770. The topological polar surface area (TPSA) is 46.6 Å². The first-order valence-corrected chi connectivity index (χ1v) is 11.6. The van der Waals surface area contributed by atoms with Crippen molar-refractivity contribution in [3.63, 3.8) is 0 Å². The minimum absolute atomic E-state index is 0.0129. The number of nitrogens with zero attached hydrogens (tertiary/aromatic N) is 1. The van der Waals surface area contributed by atoms with Gasteiger partial charge < -0.3 is 4.74 Å². The zero-order valence-electron chi connectivity index (χ0n) is 18.0. The highest BCUT2D eigenvalue weighted by Gasteiger charge is 2.34. The van der Waals surface area contributed by atoms with Crippen LogP contribution >= 0.6 is 0 Å². The van der Waals surface area contributed by atoms with Gasteiger partial charge in [0.05, 0.1) is 12.4 Å². The number of hydrogen-bond donors (Lipinski definition) is 0. The van der Waals surface area contributed by atoms with Gasteiger partial charge in [0.1, 0.15) is 5.75 Å². The van der Waals surface area contributed by atoms with E-state index >= 15 is 0 Å². The number of rotatable bonds is 11. The predicted octanol–water partition coefficient (Wildman–Crippen LogP) is 5.33. The zero-order chi connectivity index (χ0) is 21.4. The average Bonchev–Trinajstić information content (AvgIpc) is 2.70. The van der Waals surface area contributed by atoms with Gasteiger partial charge in [0.2, 0.25) is 10.0 Å². The van der Waals surface area contributed by atoms with Crippen LogP contribution in [0.5, 0.6) is 5.75 Å². The van der Waals surface area contributed by atoms with E-state index in [2.05, 4.69) is 6.58 Å². The molecule has 2 atom stereocenters. The monoisotopic (exact) mass is 415 g/mol. The average molecular weight is 416 g/mol. The van der Waals surface area contributed by atoms with Crippen LogP contribution in [0.4, 0.5) is 0 Å². The predicted molar refractivity (Wildman–Crippen MR) is 120 cm³/mol. The minimum atomic E-state index is -3.50. The molecule has 0 N–H and O–H groups in total. The van der Waals surface area contributed by atoms with Crippen molar-refractivity contribution in [2.45, 2.75) is 52.0 Å². The van der Waals surface area contributed by atoms with Crippen molar-refractivity contribution in [3.8, 4) is 5.75 Å². The fourth-order valence-electron chi connectivity index (χ4n) is 3.58. The molecule has 0 aliphatic rings. The molecular formula is C24H33NO3S. The van der Waals surface area contributed by atoms with Gasteiger partial charge in [-0.05, 0) is 48.9 Å². The van der Waals surface area contributed by atoms with E-state index in [9.17, 15) is 8.42 Å². The summed E-state index contributed by atoms with van der Waals surface area (Å²) in [7, 11) is -1.88. The Hall–Kier alpha value is -2.11. The van der Waals surface area contributed by atoms with Crippen molar-refractivity contribution >= 4 is 10.0 Å². The number of ether oxygens (including phenoxy) is 1. The summed E-state index contributed by atoms with van der Waals surface area (Å²) in [5.41, 5.74) is 3.08. The summed E-state index contributed by atoms with van der Waals surface area (Å²) in [6, 6.07) is 15.6. The molecule has 0 aromatic heterocycles. The van der Waals surface area contributed by atoms with Gasteiger partial charge in [0.25, 0.3) is 0 Å². The number of hydrogen-bond acceptors (Lipinski definition) is 3. The van der Waals surface area contributed by atoms with E-state index in [0.717, 1.165) is 22.4 Å². The van der Waals surface area contributed by atoms with Crippen LogP contribution < -0.4 is 4.74 Å². The first kappa shape index (κ1) is 23.2. The Morgan fingerprint density at radius 3 is 2.00 bits per heavy atom. The van der Waals surface area contributed by atoms with Crippen LogP contribution in [0.15, 0.2) is 61.2 Å². The SMILES string of the molecule is C=CC[C@H](C)[C@H](CC)S(=O)(=O)N(Cc1ccc(C)cc1)Cc1ccc(OC)cc1. The molecule has 0 saturated heterocycles. The van der Waals surface area contributed by atoms with Gasteiger partial charge in [0, 0.05) is 13.1 Å². The van der Waals surface area contributed by atoms with E-state index in [0.29, 0.717) is 25.9 Å². The molecule has 0 unspecified atom stereocenters. The van der Waals surface area contributed by atoms with Gasteiger partial charge in [-0.15, -0.1) is 6.58 Å². The van der Waals surface area contributed by atoms with E-state index in [1.807, 2.05) is 69.3 Å². The molecule has 29 heavy (non-hydrogen) atoms. The number of methoxy groups -OCH3 is 1. The molecule has 158 valence electrons. The standard InChI is InChI=1S/C24H33NO3S/c1-6-8-20(4)24(7-2)29(26,27)25(17-21-11-9-19(3)10-12-21)18-22-13-15-23(28-5)16-14-22/h6,9-16,20,24H,1,7-8,17-18H2,2-5H3/t20-,24-/m0/s1. The summed E-state index contributed by atoms with van der Waals surface area (Å²) in [5, 5.41) is -0.441. The smallest absolute Gasteiger partial charge is 0.217 e. The quantitative estimate of drug-likeness (QED) is 0.466. The van der Waals surface area contributed by atoms with Crippen LogP contribution in [0.3, 0.4) is 0 Å². The van der Waals surface area contributed by atoms with E-state index in [1.165, 1.54) is 0 Å². The highest BCUT2D eigenvalue weighted by molar-refractivity contribution is 7.89. The molecule has 2 aromatic rings. The minimum Gasteiger partial charge on any atom is -0.497 e. The van der Waals surface area contributed by atoms with E-state index < -0.39 is 15.3 Å². The van der Waals surface area contributed by atoms with Crippen LogP contribution in [0.25, 0.3) is 0 Å². The van der Waals surface area contributed by atoms with Crippen LogP contribution in [-0.2, 0) is 23.1 Å². The molecule has 2 aromatic carbocycles. The van der Waals surface area contributed by atoms with Gasteiger partial charge in [-0.25, -0.2) is 8.42 Å². The fourth-order valence-corrected chi connectivity index (χ4v) is 5.74. The third-order valence-electron chi connectivity index (χ3n) is 5.32. The van der Waals surface area contributed by atoms with Crippen molar-refractivity contribution < 1.29 is 13.2 Å². The summed E-state index contributed by atoms with van der Waals surface area (Å²) >= 11 is 0. The summed E-state index contributed by atoms with van der Waals surface area (Å²) in [6.45, 7) is 10.4. The van der Waals surface area contributed by atoms with Crippen LogP contribution in [0.2, 0.25) is 0 Å². The largest absolute Gasteiger partial charge is 0.497 e. The molecule has 0 aliphatic carbocycles. The summed E-state index contributed by atoms with van der Waals surface area (Å²) < 4.78 is 34.1. The van der Waals surface area contributed by atoms with Crippen molar-refractivity contribution in [1.29, 1.82) is 0 Å². The molecule has 0 saturated carbocycles. The first-order valence-electron chi connectivity index (χ1n) is 10.1. The normalized spacial score (nSPS) is 13.8. The lowest BCUT2D eigenvalue weighted by Crippen LogP contribution is -2.40. The lowest BCUT2D eigenvalue weighted by molar-refractivity contribution is 0.376. The van der Waals surface area contributed by atoms with Crippen LogP contribution in [0.1, 0.15) is 43.4 Å². The van der Waals surface area contributed by atoms with Gasteiger partial charge >= 0.3 is 0 Å². The summed E-state index contributed by atoms with van der Waals surface area (Å²) in [4.78, 5) is 0. The molecule has 5 heteroatoms. The molecule has 0 radical (unpaired) electrons. The van der Waals surface area contributed by atoms with E-state index in [1.54, 1.807) is 17.5 Å². The van der Waals surface area contributed by atoms with Gasteiger partial charge in [-0.1, -0.05) is 61.9 Å². The van der Waals surface area contributed by atoms with Crippen molar-refractivity contribution in [1.82, 2.24) is 4.31 Å². The van der Waals surface area contributed by atoms with E-state index in [4.69, 9.17) is 4.74 Å². The Bertz CT molecular complexity index is 873. The van der Waals surface area contributed by atoms with Crippen LogP contribution in [0, 0.1) is 12.8 Å². The maximum absolute atomic E-state index is 13.6. The van der Waals surface area contributed by atoms with Gasteiger partial charge in [0.15, 0.2) is 0 Å². The molecule has 0 aliphatic heterocycles. The number of benzene rings is 2. The molecule has 4 nitrogen and oxygen atoms in total. The lowest BCUT2D eigenvalue weighted by Gasteiger charge is -2.30. The number of allylic oxidation sites excluding steroid dienone is 1. The summed E-state index contributed by atoms with van der Waals surface area (Å²) in [6.07, 6.45) is 3.06. The Kier molecular flexibility index (Phi) is 8.47. The second kappa shape index (κ2) is 10.6. The Morgan fingerprint density at radius 2 is 1.55 bits per heavy atom. The molecule has 0 heterocycles. The van der Waals surface area contributed by atoms with Crippen molar-refractivity contribution in [3.05, 3.63) is 77.9 Å². The third kappa shape index (κ3) is 6.18. The van der Waals surface area contributed by atoms with Crippen molar-refractivity contribution in [2.24, 2.45) is 5.92 Å². The fraction of sp³-hybridized carbons (Fsp3) is 0.417. The molecular weight excluding hydrogens is 382 g/mol. The number of sulfonamides is 1. The second-order valence-electron chi connectivity index (χ2n) is 7.60. The van der Waals surface area contributed by atoms with Gasteiger partial charge in [-0.2, -0.15) is 4.31 Å². The second-order valence-corrected chi connectivity index (χ2v) is 9.75. The maximum Gasteiger partial charge on any atom is 0.217 e. The van der Waals surface area contributed by atoms with Crippen molar-refractivity contribution in [2.75, 3.05) is 7.11 Å². The molecule has 0 fully saturated rings. The number of aryl methyl sites for hydroxylation is 1. The molecule has 0 amide bonds. The highest BCUT2D eigenvalue weighted by atomic mass is 32.2. The Balaban J connectivity index is 2.37. The Labute approximate surface area is 176 Å². The van der Waals surface area contributed by atoms with E-state index in [-0.39, 0.29) is 5.92 Å². The molecule has 2 rings (SSSR count). The van der Waals surface area contributed by atoms with Crippen LogP contribution in [-0.4, -0.2) is 25.1 Å². The highest BCUT2D eigenvalue weighted by Crippen LogP contribution is 2.26.